The van der Waals surface area contributed by atoms with E-state index < -0.39 is 16.1 Å². The highest BCUT2D eigenvalue weighted by atomic mass is 32.2. The van der Waals surface area contributed by atoms with Gasteiger partial charge in [0.2, 0.25) is 0 Å². The Kier molecular flexibility index (Phi) is 7.13. The molecule has 0 saturated carbocycles. The van der Waals surface area contributed by atoms with Gasteiger partial charge >= 0.3 is 6.03 Å². The molecule has 1 aliphatic heterocycles. The molecule has 0 aliphatic carbocycles. The van der Waals surface area contributed by atoms with E-state index in [0.717, 1.165) is 4.31 Å². The number of carbonyl (C=O) groups is 2. The lowest BCUT2D eigenvalue weighted by Gasteiger charge is -2.29. The number of para-hydroxylation sites is 2. The fourth-order valence-electron chi connectivity index (χ4n) is 3.55. The van der Waals surface area contributed by atoms with E-state index in [0.29, 0.717) is 41.4 Å². The predicted octanol–water partition coefficient (Wildman–Crippen LogP) is 3.20. The van der Waals surface area contributed by atoms with E-state index >= 15 is 0 Å². The average molecular weight is 510 g/mol. The number of nitrogen functional groups attached to an aromatic ring is 1. The van der Waals surface area contributed by atoms with Crippen molar-refractivity contribution in [1.29, 1.82) is 0 Å². The number of nitrogens with zero attached hydrogens (tertiary/aromatic N) is 2. The third-order valence-electron chi connectivity index (χ3n) is 5.55. The quantitative estimate of drug-likeness (QED) is 0.397. The van der Waals surface area contributed by atoms with E-state index in [4.69, 9.17) is 10.5 Å². The summed E-state index contributed by atoms with van der Waals surface area (Å²) in [7, 11) is -0.310. The number of nitrogens with two attached hydrogens (primary N) is 1. The van der Waals surface area contributed by atoms with Gasteiger partial charge in [0, 0.05) is 18.2 Å². The monoisotopic (exact) mass is 509 g/mol. The molecule has 36 heavy (non-hydrogen) atoms. The Hall–Kier alpha value is -4.09. The summed E-state index contributed by atoms with van der Waals surface area (Å²) in [4.78, 5) is 27.1. The number of carbonyl (C=O) groups excluding carboxylic acids is 2. The molecule has 0 saturated heterocycles. The fourth-order valence-corrected chi connectivity index (χ4v) is 5.03. The topological polar surface area (TPSA) is 134 Å². The third-order valence-corrected chi connectivity index (χ3v) is 7.32. The molecule has 0 bridgehead atoms. The minimum atomic E-state index is -4.13. The van der Waals surface area contributed by atoms with Gasteiger partial charge in [-0.25, -0.2) is 17.5 Å². The van der Waals surface area contributed by atoms with E-state index in [1.54, 1.807) is 54.6 Å². The number of fused-ring (bicyclic) bond motifs is 1. The predicted molar refractivity (Wildman–Crippen MR) is 137 cm³/mol. The number of amides is 3. The van der Waals surface area contributed by atoms with Crippen LogP contribution in [0.2, 0.25) is 0 Å². The lowest BCUT2D eigenvalue weighted by Crippen LogP contribution is -2.43. The third kappa shape index (κ3) is 5.42. The molecule has 11 heteroatoms. The van der Waals surface area contributed by atoms with Crippen molar-refractivity contribution in [2.24, 2.45) is 0 Å². The van der Waals surface area contributed by atoms with E-state index in [1.165, 1.54) is 12.1 Å². The molecule has 3 aromatic rings. The average Bonchev–Trinajstić information content (AvgIpc) is 2.84. The van der Waals surface area contributed by atoms with Crippen LogP contribution < -0.4 is 21.1 Å². The van der Waals surface area contributed by atoms with Gasteiger partial charge in [0.05, 0.1) is 23.6 Å². The molecule has 4 rings (SSSR count). The van der Waals surface area contributed by atoms with Crippen LogP contribution in [0, 0.1) is 0 Å². The van der Waals surface area contributed by atoms with Gasteiger partial charge in [-0.2, -0.15) is 0 Å². The Balaban J connectivity index is 1.49. The molecule has 188 valence electrons. The Labute approximate surface area is 209 Å². The van der Waals surface area contributed by atoms with Crippen molar-refractivity contribution in [2.75, 3.05) is 43.6 Å². The number of likely N-dealkylation sites (N-methyl/N-ethyl adjacent to an activating group) is 1. The van der Waals surface area contributed by atoms with Crippen LogP contribution in [0.1, 0.15) is 15.9 Å². The maximum absolute atomic E-state index is 13.3. The van der Waals surface area contributed by atoms with Crippen molar-refractivity contribution in [3.63, 3.8) is 0 Å². The van der Waals surface area contributed by atoms with Gasteiger partial charge < -0.3 is 26.0 Å². The summed E-state index contributed by atoms with van der Waals surface area (Å²) in [6.07, 6.45) is 0. The summed E-state index contributed by atoms with van der Waals surface area (Å²) in [5, 5.41) is 5.35. The second-order valence-corrected chi connectivity index (χ2v) is 10.3. The number of urea groups is 1. The highest BCUT2D eigenvalue weighted by Gasteiger charge is 2.37. The molecule has 0 atom stereocenters. The van der Waals surface area contributed by atoms with Crippen LogP contribution in [0.15, 0.2) is 71.6 Å². The van der Waals surface area contributed by atoms with E-state index in [2.05, 4.69) is 10.6 Å². The van der Waals surface area contributed by atoms with Crippen molar-refractivity contribution in [2.45, 2.75) is 11.4 Å². The van der Waals surface area contributed by atoms with Gasteiger partial charge in [-0.3, -0.25) is 4.79 Å². The van der Waals surface area contributed by atoms with Gasteiger partial charge in [-0.15, -0.1) is 0 Å². The van der Waals surface area contributed by atoms with Crippen molar-refractivity contribution in [1.82, 2.24) is 9.21 Å². The standard InChI is InChI=1S/C25H27N5O5S/c1-29(2)13-14-35-19-11-12-22-23(15-19)36(33,34)30(25(32)28-22)16-17-7-9-18(10-8-17)24(31)27-21-6-4-3-5-20(21)26/h3-12,15H,13-14,16,26H2,1-2H3,(H,27,31)(H,28,32). The number of ether oxygens (including phenoxy) is 1. The van der Waals surface area contributed by atoms with Crippen molar-refractivity contribution < 1.29 is 22.7 Å². The van der Waals surface area contributed by atoms with Crippen LogP contribution in [-0.2, 0) is 16.6 Å². The molecule has 3 amide bonds. The van der Waals surface area contributed by atoms with Crippen LogP contribution in [0.3, 0.4) is 0 Å². The molecule has 4 N–H and O–H groups in total. The van der Waals surface area contributed by atoms with Gasteiger partial charge in [0.15, 0.2) is 0 Å². The number of nitrogens with one attached hydrogen (secondary N) is 2. The first kappa shape index (κ1) is 25.0. The highest BCUT2D eigenvalue weighted by Crippen LogP contribution is 2.34. The van der Waals surface area contributed by atoms with Crippen molar-refractivity contribution >= 4 is 39.0 Å². The first-order valence-corrected chi connectivity index (χ1v) is 12.6. The molecular weight excluding hydrogens is 482 g/mol. The molecule has 0 aromatic heterocycles. The molecule has 3 aromatic carbocycles. The van der Waals surface area contributed by atoms with Crippen LogP contribution in [0.5, 0.6) is 5.75 Å². The molecular formula is C25H27N5O5S. The van der Waals surface area contributed by atoms with Crippen LogP contribution in [0.4, 0.5) is 21.9 Å². The number of anilines is 3. The molecule has 1 heterocycles. The SMILES string of the molecule is CN(C)CCOc1ccc2c(c1)S(=O)(=O)N(Cc1ccc(C(=O)Nc3ccccc3N)cc1)C(=O)N2. The van der Waals surface area contributed by atoms with Gasteiger partial charge in [-0.05, 0) is 56.1 Å². The van der Waals surface area contributed by atoms with E-state index in [9.17, 15) is 18.0 Å². The summed E-state index contributed by atoms with van der Waals surface area (Å²) < 4.78 is 33.0. The Morgan fingerprint density at radius 2 is 1.81 bits per heavy atom. The van der Waals surface area contributed by atoms with Gasteiger partial charge in [-0.1, -0.05) is 24.3 Å². The van der Waals surface area contributed by atoms with E-state index in [-0.39, 0.29) is 23.0 Å². The maximum Gasteiger partial charge on any atom is 0.336 e. The summed E-state index contributed by atoms with van der Waals surface area (Å²) in [5.41, 5.74) is 7.89. The second-order valence-electron chi connectivity index (χ2n) is 8.49. The number of benzene rings is 3. The summed E-state index contributed by atoms with van der Waals surface area (Å²) in [6.45, 7) is 0.852. The molecule has 0 spiro atoms. The maximum atomic E-state index is 13.3. The Bertz CT molecular complexity index is 1390. The number of sulfonamides is 1. The van der Waals surface area contributed by atoms with Crippen LogP contribution in [0.25, 0.3) is 0 Å². The molecule has 0 unspecified atom stereocenters. The lowest BCUT2D eigenvalue weighted by molar-refractivity contribution is 0.102. The number of rotatable bonds is 8. The van der Waals surface area contributed by atoms with E-state index in [1.807, 2.05) is 19.0 Å². The molecule has 10 nitrogen and oxygen atoms in total. The smallest absolute Gasteiger partial charge is 0.336 e. The minimum Gasteiger partial charge on any atom is -0.492 e. The summed E-state index contributed by atoms with van der Waals surface area (Å²) in [6, 6.07) is 17.0. The zero-order valence-electron chi connectivity index (χ0n) is 19.9. The highest BCUT2D eigenvalue weighted by molar-refractivity contribution is 7.90. The zero-order chi connectivity index (χ0) is 25.9. The fraction of sp³-hybridized carbons (Fsp3) is 0.200. The Morgan fingerprint density at radius 1 is 1.08 bits per heavy atom. The first-order valence-electron chi connectivity index (χ1n) is 11.2. The first-order chi connectivity index (χ1) is 17.1. The molecule has 1 aliphatic rings. The number of hydrogen-bond donors (Lipinski definition) is 3. The molecule has 0 fully saturated rings. The summed E-state index contributed by atoms with van der Waals surface area (Å²) >= 11 is 0. The van der Waals surface area contributed by atoms with Crippen molar-refractivity contribution in [3.8, 4) is 5.75 Å². The van der Waals surface area contributed by atoms with Crippen LogP contribution >= 0.6 is 0 Å². The molecule has 0 radical (unpaired) electrons. The van der Waals surface area contributed by atoms with Gasteiger partial charge in [0.25, 0.3) is 15.9 Å². The summed E-state index contributed by atoms with van der Waals surface area (Å²) in [5.74, 6) is 0.0307. The van der Waals surface area contributed by atoms with Crippen LogP contribution in [-0.4, -0.2) is 56.8 Å². The minimum absolute atomic E-state index is 0.0408. The second kappa shape index (κ2) is 10.3. The van der Waals surface area contributed by atoms with Gasteiger partial charge in [0.1, 0.15) is 17.3 Å². The zero-order valence-corrected chi connectivity index (χ0v) is 20.7. The van der Waals surface area contributed by atoms with Crippen molar-refractivity contribution in [3.05, 3.63) is 77.9 Å². The lowest BCUT2D eigenvalue weighted by atomic mass is 10.1. The largest absolute Gasteiger partial charge is 0.492 e. The number of hydrogen-bond acceptors (Lipinski definition) is 7. The Morgan fingerprint density at radius 3 is 2.50 bits per heavy atom. The normalized spacial score (nSPS) is 14.2.